The molecule has 0 saturated carbocycles. The summed E-state index contributed by atoms with van der Waals surface area (Å²) in [5, 5.41) is 0. The van der Waals surface area contributed by atoms with Gasteiger partial charge < -0.3 is 4.90 Å². The number of hydrogen-bond acceptors (Lipinski definition) is 2. The molecule has 18 heavy (non-hydrogen) atoms. The summed E-state index contributed by atoms with van der Waals surface area (Å²) in [6.07, 6.45) is 2.31. The molecule has 0 atom stereocenters. The second-order valence-corrected chi connectivity index (χ2v) is 4.67. The first-order valence-electron chi connectivity index (χ1n) is 6.36. The lowest BCUT2D eigenvalue weighted by Crippen LogP contribution is -2.34. The molecule has 0 aromatic heterocycles. The summed E-state index contributed by atoms with van der Waals surface area (Å²) in [6.45, 7) is 3.00. The zero-order valence-electron chi connectivity index (χ0n) is 10.5. The molecule has 2 rings (SSSR count). The molecule has 98 valence electrons. The maximum Gasteiger partial charge on any atom is 0.149 e. The first-order valence-corrected chi connectivity index (χ1v) is 6.36. The molecule has 0 amide bonds. The Bertz CT molecular complexity index is 449. The van der Waals surface area contributed by atoms with E-state index in [4.69, 9.17) is 0 Å². The average Bonchev–Trinajstić information content (AvgIpc) is 2.34. The molecule has 0 radical (unpaired) electrons. The van der Waals surface area contributed by atoms with Crippen LogP contribution >= 0.6 is 0 Å². The highest BCUT2D eigenvalue weighted by Crippen LogP contribution is 2.26. The third kappa shape index (κ3) is 2.68. The van der Waals surface area contributed by atoms with Gasteiger partial charge in [0.1, 0.15) is 17.4 Å². The Morgan fingerprint density at radius 2 is 1.83 bits per heavy atom. The lowest BCUT2D eigenvalue weighted by atomic mass is 10.1. The van der Waals surface area contributed by atoms with E-state index < -0.39 is 11.6 Å². The number of anilines is 1. The highest BCUT2D eigenvalue weighted by atomic mass is 19.1. The SMILES string of the molecule is CCCc1cc(N2CCC(=O)CC2)c(F)cc1F. The van der Waals surface area contributed by atoms with Crippen LogP contribution in [0.2, 0.25) is 0 Å². The Labute approximate surface area is 106 Å². The first-order chi connectivity index (χ1) is 8.61. The lowest BCUT2D eigenvalue weighted by Gasteiger charge is -2.29. The third-order valence-electron chi connectivity index (χ3n) is 3.30. The van der Waals surface area contributed by atoms with Gasteiger partial charge in [-0.15, -0.1) is 0 Å². The van der Waals surface area contributed by atoms with Crippen molar-refractivity contribution in [2.45, 2.75) is 32.6 Å². The van der Waals surface area contributed by atoms with Crippen molar-refractivity contribution in [3.63, 3.8) is 0 Å². The maximum absolute atomic E-state index is 13.8. The van der Waals surface area contributed by atoms with Crippen LogP contribution in [0.15, 0.2) is 12.1 Å². The summed E-state index contributed by atoms with van der Waals surface area (Å²) in [7, 11) is 0. The van der Waals surface area contributed by atoms with Crippen LogP contribution in [0.3, 0.4) is 0 Å². The van der Waals surface area contributed by atoms with E-state index in [0.29, 0.717) is 43.6 Å². The van der Waals surface area contributed by atoms with Crippen LogP contribution in [-0.2, 0) is 11.2 Å². The largest absolute Gasteiger partial charge is 0.368 e. The molecule has 1 fully saturated rings. The number of nitrogens with zero attached hydrogens (tertiary/aromatic N) is 1. The fourth-order valence-electron chi connectivity index (χ4n) is 2.28. The molecule has 2 nitrogen and oxygen atoms in total. The maximum atomic E-state index is 13.8. The van der Waals surface area contributed by atoms with Gasteiger partial charge in [-0.2, -0.15) is 0 Å². The first kappa shape index (κ1) is 13.0. The van der Waals surface area contributed by atoms with Crippen LogP contribution in [0, 0.1) is 11.6 Å². The predicted molar refractivity (Wildman–Crippen MR) is 66.8 cm³/mol. The minimum Gasteiger partial charge on any atom is -0.368 e. The van der Waals surface area contributed by atoms with Crippen LogP contribution in [0.1, 0.15) is 31.7 Å². The number of carbonyl (C=O) groups is 1. The highest BCUT2D eigenvalue weighted by Gasteiger charge is 2.20. The van der Waals surface area contributed by atoms with Crippen molar-refractivity contribution < 1.29 is 13.6 Å². The minimum atomic E-state index is -0.540. The number of aryl methyl sites for hydroxylation is 1. The van der Waals surface area contributed by atoms with Crippen molar-refractivity contribution in [1.82, 2.24) is 0 Å². The molecular formula is C14H17F2NO. The summed E-state index contributed by atoms with van der Waals surface area (Å²) in [6, 6.07) is 2.54. The van der Waals surface area contributed by atoms with Crippen molar-refractivity contribution in [3.8, 4) is 0 Å². The van der Waals surface area contributed by atoms with Gasteiger partial charge in [0.15, 0.2) is 0 Å². The summed E-state index contributed by atoms with van der Waals surface area (Å²) in [4.78, 5) is 13.0. The lowest BCUT2D eigenvalue weighted by molar-refractivity contribution is -0.119. The van der Waals surface area contributed by atoms with Gasteiger partial charge in [-0.1, -0.05) is 13.3 Å². The molecule has 1 aliphatic heterocycles. The Morgan fingerprint density at radius 1 is 1.17 bits per heavy atom. The number of ketones is 1. The van der Waals surface area contributed by atoms with E-state index in [1.165, 1.54) is 0 Å². The van der Waals surface area contributed by atoms with E-state index in [0.717, 1.165) is 12.5 Å². The topological polar surface area (TPSA) is 20.3 Å². The van der Waals surface area contributed by atoms with Gasteiger partial charge in [-0.05, 0) is 18.1 Å². The van der Waals surface area contributed by atoms with Gasteiger partial charge in [-0.25, -0.2) is 8.78 Å². The number of carbonyl (C=O) groups excluding carboxylic acids is 1. The van der Waals surface area contributed by atoms with Gasteiger partial charge in [-0.3, -0.25) is 4.79 Å². The second kappa shape index (κ2) is 5.46. The van der Waals surface area contributed by atoms with Crippen LogP contribution in [-0.4, -0.2) is 18.9 Å². The van der Waals surface area contributed by atoms with E-state index in [1.807, 2.05) is 11.8 Å². The summed E-state index contributed by atoms with van der Waals surface area (Å²) < 4.78 is 27.3. The van der Waals surface area contributed by atoms with Crippen LogP contribution in [0.4, 0.5) is 14.5 Å². The fraction of sp³-hybridized carbons (Fsp3) is 0.500. The number of halogens is 2. The molecule has 4 heteroatoms. The fourth-order valence-corrected chi connectivity index (χ4v) is 2.28. The Kier molecular flexibility index (Phi) is 3.94. The standard InChI is InChI=1S/C14H17F2NO/c1-2-3-10-8-14(13(16)9-12(10)15)17-6-4-11(18)5-7-17/h8-9H,2-7H2,1H3. The summed E-state index contributed by atoms with van der Waals surface area (Å²) in [5.74, 6) is -0.810. The van der Waals surface area contributed by atoms with E-state index >= 15 is 0 Å². The van der Waals surface area contributed by atoms with Crippen molar-refractivity contribution in [2.24, 2.45) is 0 Å². The van der Waals surface area contributed by atoms with Crippen LogP contribution in [0.25, 0.3) is 0 Å². The van der Waals surface area contributed by atoms with Crippen molar-refractivity contribution >= 4 is 11.5 Å². The average molecular weight is 253 g/mol. The Morgan fingerprint density at radius 3 is 2.44 bits per heavy atom. The summed E-state index contributed by atoms with van der Waals surface area (Å²) >= 11 is 0. The Balaban J connectivity index is 2.26. The zero-order chi connectivity index (χ0) is 13.1. The van der Waals surface area contributed by atoms with Crippen molar-refractivity contribution in [1.29, 1.82) is 0 Å². The molecule has 1 aliphatic rings. The van der Waals surface area contributed by atoms with Gasteiger partial charge in [0.2, 0.25) is 0 Å². The van der Waals surface area contributed by atoms with Crippen LogP contribution in [0.5, 0.6) is 0 Å². The highest BCUT2D eigenvalue weighted by molar-refractivity contribution is 5.81. The molecule has 1 saturated heterocycles. The number of Topliss-reactive ketones (excluding diaryl/α,β-unsaturated/α-hetero) is 1. The third-order valence-corrected chi connectivity index (χ3v) is 3.30. The predicted octanol–water partition coefficient (Wildman–Crippen LogP) is 3.09. The summed E-state index contributed by atoms with van der Waals surface area (Å²) in [5.41, 5.74) is 0.971. The molecule has 1 aromatic carbocycles. The van der Waals surface area contributed by atoms with E-state index in [-0.39, 0.29) is 5.78 Å². The van der Waals surface area contributed by atoms with Gasteiger partial charge in [0.25, 0.3) is 0 Å². The van der Waals surface area contributed by atoms with E-state index in [9.17, 15) is 13.6 Å². The quantitative estimate of drug-likeness (QED) is 0.825. The van der Waals surface area contributed by atoms with Gasteiger partial charge in [0.05, 0.1) is 5.69 Å². The van der Waals surface area contributed by atoms with Crippen molar-refractivity contribution in [3.05, 3.63) is 29.3 Å². The molecule has 0 spiro atoms. The van der Waals surface area contributed by atoms with Gasteiger partial charge in [0, 0.05) is 32.0 Å². The van der Waals surface area contributed by atoms with Crippen molar-refractivity contribution in [2.75, 3.05) is 18.0 Å². The molecule has 0 bridgehead atoms. The Hall–Kier alpha value is -1.45. The molecule has 1 aromatic rings. The molecule has 0 N–H and O–H groups in total. The van der Waals surface area contributed by atoms with Crippen LogP contribution < -0.4 is 4.90 Å². The number of piperidine rings is 1. The molecule has 1 heterocycles. The van der Waals surface area contributed by atoms with E-state index in [1.54, 1.807) is 6.07 Å². The smallest absolute Gasteiger partial charge is 0.149 e. The van der Waals surface area contributed by atoms with Gasteiger partial charge >= 0.3 is 0 Å². The van der Waals surface area contributed by atoms with E-state index in [2.05, 4.69) is 0 Å². The number of hydrogen-bond donors (Lipinski definition) is 0. The normalized spacial score (nSPS) is 16.2. The zero-order valence-corrected chi connectivity index (χ0v) is 10.5. The second-order valence-electron chi connectivity index (χ2n) is 4.67. The number of benzene rings is 1. The minimum absolute atomic E-state index is 0.211. The molecule has 0 unspecified atom stereocenters. The molecular weight excluding hydrogens is 236 g/mol. The number of rotatable bonds is 3. The molecule has 0 aliphatic carbocycles. The monoisotopic (exact) mass is 253 g/mol.